The summed E-state index contributed by atoms with van der Waals surface area (Å²) in [5.41, 5.74) is 0.782. The molecule has 0 bridgehead atoms. The van der Waals surface area contributed by atoms with Gasteiger partial charge < -0.3 is 5.11 Å². The van der Waals surface area contributed by atoms with E-state index in [9.17, 15) is 4.79 Å². The maximum atomic E-state index is 10.9. The van der Waals surface area contributed by atoms with Gasteiger partial charge in [0.25, 0.3) is 0 Å². The first-order valence-electron chi connectivity index (χ1n) is 8.41. The molecule has 1 aromatic rings. The maximum Gasteiger partial charge on any atom is 0.325 e. The molecule has 0 atom stereocenters. The van der Waals surface area contributed by atoms with Gasteiger partial charge in [0.1, 0.15) is 6.54 Å². The largest absolute Gasteiger partial charge is 0.480 e. The first-order chi connectivity index (χ1) is 10.7. The van der Waals surface area contributed by atoms with E-state index in [-0.39, 0.29) is 6.54 Å². The third kappa shape index (κ3) is 8.67. The molecule has 1 N–H and O–H groups in total. The predicted molar refractivity (Wildman–Crippen MR) is 90.0 cm³/mol. The molecule has 4 heteroatoms. The highest BCUT2D eigenvalue weighted by Gasteiger charge is 2.10. The van der Waals surface area contributed by atoms with Gasteiger partial charge in [-0.25, -0.2) is 5.06 Å². The van der Waals surface area contributed by atoms with Crippen LogP contribution in [0, 0.1) is 0 Å². The monoisotopic (exact) mass is 307 g/mol. The molecule has 1 aromatic carbocycles. The van der Waals surface area contributed by atoms with Crippen LogP contribution in [0.15, 0.2) is 30.3 Å². The molecule has 0 saturated carbocycles. The van der Waals surface area contributed by atoms with Crippen LogP contribution in [0.25, 0.3) is 0 Å². The second-order valence-corrected chi connectivity index (χ2v) is 5.57. The van der Waals surface area contributed by atoms with Gasteiger partial charge in [0, 0.05) is 0 Å². The number of rotatable bonds is 13. The minimum Gasteiger partial charge on any atom is -0.480 e. The number of hydrogen-bond acceptors (Lipinski definition) is 3. The van der Waals surface area contributed by atoms with Crippen molar-refractivity contribution in [3.8, 4) is 0 Å². The Hall–Kier alpha value is -1.55. The minimum absolute atomic E-state index is 0.138. The van der Waals surface area contributed by atoms with E-state index in [2.05, 4.69) is 6.92 Å². The smallest absolute Gasteiger partial charge is 0.325 e. The van der Waals surface area contributed by atoms with Crippen LogP contribution in [0.2, 0.25) is 0 Å². The number of hydrogen-bond donors (Lipinski definition) is 1. The normalized spacial score (nSPS) is 10.6. The van der Waals surface area contributed by atoms with E-state index in [0.717, 1.165) is 18.5 Å². The Balaban J connectivity index is 2.17. The van der Waals surface area contributed by atoms with Gasteiger partial charge in [0.15, 0.2) is 0 Å². The molecule has 0 spiro atoms. The molecule has 0 aliphatic heterocycles. The number of unbranched alkanes of at least 4 members (excludes halogenated alkanes) is 7. The van der Waals surface area contributed by atoms with Crippen LogP contribution in [-0.4, -0.2) is 24.2 Å². The number of benzene rings is 1. The first kappa shape index (κ1) is 18.5. The van der Waals surface area contributed by atoms with Crippen LogP contribution in [-0.2, 0) is 9.63 Å². The molecule has 22 heavy (non-hydrogen) atoms. The molecule has 1 rings (SSSR count). The van der Waals surface area contributed by atoms with Crippen molar-refractivity contribution in [2.75, 3.05) is 18.2 Å². The molecule has 0 amide bonds. The summed E-state index contributed by atoms with van der Waals surface area (Å²) in [5, 5.41) is 10.4. The molecule has 0 aliphatic carbocycles. The summed E-state index contributed by atoms with van der Waals surface area (Å²) >= 11 is 0. The van der Waals surface area contributed by atoms with Crippen molar-refractivity contribution < 1.29 is 14.7 Å². The van der Waals surface area contributed by atoms with Crippen molar-refractivity contribution in [2.45, 2.75) is 58.3 Å². The van der Waals surface area contributed by atoms with Crippen LogP contribution in [0.4, 0.5) is 5.69 Å². The Morgan fingerprint density at radius 2 is 1.59 bits per heavy atom. The van der Waals surface area contributed by atoms with Crippen LogP contribution in [0.3, 0.4) is 0 Å². The van der Waals surface area contributed by atoms with Gasteiger partial charge in [0.2, 0.25) is 0 Å². The van der Waals surface area contributed by atoms with Gasteiger partial charge in [-0.2, -0.15) is 0 Å². The topological polar surface area (TPSA) is 49.8 Å². The molecule has 0 fully saturated rings. The van der Waals surface area contributed by atoms with E-state index in [1.165, 1.54) is 43.6 Å². The van der Waals surface area contributed by atoms with E-state index < -0.39 is 5.97 Å². The number of para-hydroxylation sites is 1. The number of carboxylic acid groups (broad SMARTS) is 1. The summed E-state index contributed by atoms with van der Waals surface area (Å²) in [4.78, 5) is 16.6. The lowest BCUT2D eigenvalue weighted by molar-refractivity contribution is -0.136. The Kier molecular flexibility index (Phi) is 10.1. The van der Waals surface area contributed by atoms with Crippen LogP contribution >= 0.6 is 0 Å². The minimum atomic E-state index is -0.889. The van der Waals surface area contributed by atoms with Crippen molar-refractivity contribution in [3.63, 3.8) is 0 Å². The summed E-state index contributed by atoms with van der Waals surface area (Å²) in [6.07, 6.45) is 9.92. The van der Waals surface area contributed by atoms with Crippen LogP contribution < -0.4 is 5.06 Å². The summed E-state index contributed by atoms with van der Waals surface area (Å²) in [7, 11) is 0. The van der Waals surface area contributed by atoms with Crippen LogP contribution in [0.5, 0.6) is 0 Å². The zero-order valence-corrected chi connectivity index (χ0v) is 13.7. The van der Waals surface area contributed by atoms with Crippen molar-refractivity contribution in [2.24, 2.45) is 0 Å². The number of hydroxylamine groups is 1. The Labute approximate surface area is 134 Å². The fourth-order valence-corrected chi connectivity index (χ4v) is 2.34. The number of nitrogens with zero attached hydrogens (tertiary/aromatic N) is 1. The summed E-state index contributed by atoms with van der Waals surface area (Å²) in [6.45, 7) is 2.66. The van der Waals surface area contributed by atoms with E-state index in [0.29, 0.717) is 6.61 Å². The van der Waals surface area contributed by atoms with Crippen molar-refractivity contribution in [3.05, 3.63) is 30.3 Å². The van der Waals surface area contributed by atoms with E-state index in [1.54, 1.807) is 0 Å². The second kappa shape index (κ2) is 12.0. The molecule has 124 valence electrons. The number of carboxylic acids is 1. The van der Waals surface area contributed by atoms with Crippen molar-refractivity contribution in [1.82, 2.24) is 0 Å². The molecular formula is C18H29NO3. The molecule has 0 saturated heterocycles. The molecule has 0 aromatic heterocycles. The lowest BCUT2D eigenvalue weighted by atomic mass is 10.1. The van der Waals surface area contributed by atoms with Crippen molar-refractivity contribution in [1.29, 1.82) is 0 Å². The van der Waals surface area contributed by atoms with Gasteiger partial charge in [-0.05, 0) is 18.6 Å². The Morgan fingerprint density at radius 3 is 2.18 bits per heavy atom. The maximum absolute atomic E-state index is 10.9. The van der Waals surface area contributed by atoms with E-state index in [4.69, 9.17) is 9.94 Å². The quantitative estimate of drug-likeness (QED) is 0.426. The molecular weight excluding hydrogens is 278 g/mol. The first-order valence-corrected chi connectivity index (χ1v) is 8.41. The van der Waals surface area contributed by atoms with Gasteiger partial charge in [-0.1, -0.05) is 70.1 Å². The number of carbonyl (C=O) groups is 1. The van der Waals surface area contributed by atoms with Crippen LogP contribution in [0.1, 0.15) is 58.3 Å². The fourth-order valence-electron chi connectivity index (χ4n) is 2.34. The summed E-state index contributed by atoms with van der Waals surface area (Å²) < 4.78 is 0. The third-order valence-corrected chi connectivity index (χ3v) is 3.57. The SMILES string of the molecule is CCCCCCCCCCON(CC(=O)O)c1ccccc1. The molecule has 0 radical (unpaired) electrons. The van der Waals surface area contributed by atoms with Gasteiger partial charge >= 0.3 is 5.97 Å². The number of anilines is 1. The lowest BCUT2D eigenvalue weighted by Crippen LogP contribution is -2.30. The highest BCUT2D eigenvalue weighted by atomic mass is 16.7. The molecule has 0 heterocycles. The average molecular weight is 307 g/mol. The molecule has 4 nitrogen and oxygen atoms in total. The lowest BCUT2D eigenvalue weighted by Gasteiger charge is -2.22. The molecule has 0 aliphatic rings. The highest BCUT2D eigenvalue weighted by molar-refractivity contribution is 5.72. The zero-order valence-electron chi connectivity index (χ0n) is 13.7. The van der Waals surface area contributed by atoms with Gasteiger partial charge in [-0.15, -0.1) is 0 Å². The third-order valence-electron chi connectivity index (χ3n) is 3.57. The summed E-state index contributed by atoms with van der Waals surface area (Å²) in [5.74, 6) is -0.889. The second-order valence-electron chi connectivity index (χ2n) is 5.57. The van der Waals surface area contributed by atoms with Gasteiger partial charge in [0.05, 0.1) is 12.3 Å². The number of aliphatic carboxylic acids is 1. The summed E-state index contributed by atoms with van der Waals surface area (Å²) in [6, 6.07) is 9.38. The average Bonchev–Trinajstić information content (AvgIpc) is 2.52. The van der Waals surface area contributed by atoms with E-state index in [1.807, 2.05) is 30.3 Å². The zero-order chi connectivity index (χ0) is 16.0. The van der Waals surface area contributed by atoms with Gasteiger partial charge in [-0.3, -0.25) is 9.63 Å². The van der Waals surface area contributed by atoms with Crippen molar-refractivity contribution >= 4 is 11.7 Å². The fraction of sp³-hybridized carbons (Fsp3) is 0.611. The standard InChI is InChI=1S/C18H29NO3/c1-2-3-4-5-6-7-8-12-15-22-19(16-18(20)21)17-13-10-9-11-14-17/h9-11,13-14H,2-8,12,15-16H2,1H3,(H,20,21). The Bertz CT molecular complexity index is 395. The molecule has 0 unspecified atom stereocenters. The van der Waals surface area contributed by atoms with E-state index >= 15 is 0 Å². The predicted octanol–water partition coefficient (Wildman–Crippen LogP) is 4.65. The highest BCUT2D eigenvalue weighted by Crippen LogP contribution is 2.14. The Morgan fingerprint density at radius 1 is 1.00 bits per heavy atom.